The predicted molar refractivity (Wildman–Crippen MR) is 113 cm³/mol. The Bertz CT molecular complexity index is 1040. The summed E-state index contributed by atoms with van der Waals surface area (Å²) in [5.74, 6) is 1.67. The largest absolute Gasteiger partial charge is 0.341 e. The topological polar surface area (TPSA) is 78.1 Å². The number of nitrogens with zero attached hydrogens (tertiary/aromatic N) is 2. The van der Waals surface area contributed by atoms with Gasteiger partial charge in [-0.25, -0.2) is 13.4 Å². The highest BCUT2D eigenvalue weighted by atomic mass is 32.2. The van der Waals surface area contributed by atoms with Crippen LogP contribution < -0.4 is 4.72 Å². The molecule has 1 saturated heterocycles. The maximum atomic E-state index is 11.4. The first kappa shape index (κ1) is 19.0. The molecule has 0 aliphatic carbocycles. The summed E-state index contributed by atoms with van der Waals surface area (Å²) in [6.07, 6.45) is 4.72. The van der Waals surface area contributed by atoms with Crippen molar-refractivity contribution in [3.05, 3.63) is 59.9 Å². The zero-order valence-corrected chi connectivity index (χ0v) is 16.9. The Morgan fingerprint density at radius 3 is 2.61 bits per heavy atom. The first-order valence-corrected chi connectivity index (χ1v) is 11.6. The van der Waals surface area contributed by atoms with Crippen molar-refractivity contribution in [3.8, 4) is 0 Å². The van der Waals surface area contributed by atoms with E-state index in [4.69, 9.17) is 0 Å². The highest BCUT2D eigenvalue weighted by Gasteiger charge is 2.20. The minimum Gasteiger partial charge on any atom is -0.341 e. The molecule has 1 aliphatic rings. The van der Waals surface area contributed by atoms with E-state index in [0.717, 1.165) is 55.1 Å². The van der Waals surface area contributed by atoms with E-state index in [2.05, 4.69) is 49.9 Å². The summed E-state index contributed by atoms with van der Waals surface area (Å²) in [5, 5.41) is 0. The van der Waals surface area contributed by atoms with Crippen molar-refractivity contribution < 1.29 is 8.42 Å². The van der Waals surface area contributed by atoms with Gasteiger partial charge in [-0.15, -0.1) is 0 Å². The summed E-state index contributed by atoms with van der Waals surface area (Å²) in [5.41, 5.74) is 3.68. The second-order valence-electron chi connectivity index (χ2n) is 7.70. The lowest BCUT2D eigenvalue weighted by Crippen LogP contribution is -2.34. The van der Waals surface area contributed by atoms with Gasteiger partial charge in [-0.05, 0) is 62.0 Å². The average molecular weight is 399 g/mol. The van der Waals surface area contributed by atoms with Crippen LogP contribution in [-0.2, 0) is 23.0 Å². The molecule has 0 radical (unpaired) electrons. The van der Waals surface area contributed by atoms with E-state index in [1.54, 1.807) is 12.1 Å². The molecule has 0 atom stereocenters. The fraction of sp³-hybridized carbons (Fsp3) is 0.381. The number of fused-ring (bicyclic) bond motifs is 1. The minimum atomic E-state index is -3.28. The van der Waals surface area contributed by atoms with Gasteiger partial charge in [0.2, 0.25) is 10.0 Å². The molecule has 1 aliphatic heterocycles. The molecule has 2 N–H and O–H groups in total. The van der Waals surface area contributed by atoms with Gasteiger partial charge < -0.3 is 4.98 Å². The van der Waals surface area contributed by atoms with Crippen LogP contribution in [-0.4, -0.2) is 42.6 Å². The lowest BCUT2D eigenvalue weighted by molar-refractivity contribution is 0.174. The normalized spacial score (nSPS) is 16.5. The molecule has 1 fully saturated rings. The maximum Gasteiger partial charge on any atom is 0.229 e. The standard InChI is InChI=1S/C21H26N4O2S/c1-28(26,27)24-18-7-8-19-20(14-18)23-21(22-19)15-25-11-9-17(10-12-25)13-16-5-3-2-4-6-16/h2-8,14,17,24H,9-13,15H2,1H3,(H,22,23). The Hall–Kier alpha value is -2.38. The number of H-pyrrole nitrogens is 1. The number of piperidine rings is 1. The quantitative estimate of drug-likeness (QED) is 0.667. The van der Waals surface area contributed by atoms with Crippen molar-refractivity contribution in [2.75, 3.05) is 24.1 Å². The van der Waals surface area contributed by atoms with Crippen molar-refractivity contribution >= 4 is 26.7 Å². The lowest BCUT2D eigenvalue weighted by Gasteiger charge is -2.31. The first-order valence-electron chi connectivity index (χ1n) is 9.67. The van der Waals surface area contributed by atoms with Gasteiger partial charge in [0.15, 0.2) is 0 Å². The van der Waals surface area contributed by atoms with Crippen molar-refractivity contribution in [1.82, 2.24) is 14.9 Å². The van der Waals surface area contributed by atoms with Gasteiger partial charge in [0.05, 0.1) is 29.5 Å². The third-order valence-corrected chi connectivity index (χ3v) is 5.89. The number of anilines is 1. The van der Waals surface area contributed by atoms with Crippen LogP contribution in [0.1, 0.15) is 24.2 Å². The van der Waals surface area contributed by atoms with Gasteiger partial charge in [0.25, 0.3) is 0 Å². The van der Waals surface area contributed by atoms with E-state index in [1.807, 2.05) is 6.07 Å². The summed E-state index contributed by atoms with van der Waals surface area (Å²) in [4.78, 5) is 10.4. The van der Waals surface area contributed by atoms with Crippen LogP contribution in [0.15, 0.2) is 48.5 Å². The molecule has 0 spiro atoms. The van der Waals surface area contributed by atoms with Gasteiger partial charge in [-0.1, -0.05) is 30.3 Å². The zero-order valence-electron chi connectivity index (χ0n) is 16.1. The van der Waals surface area contributed by atoms with Crippen molar-refractivity contribution in [3.63, 3.8) is 0 Å². The second kappa shape index (κ2) is 7.93. The van der Waals surface area contributed by atoms with E-state index < -0.39 is 10.0 Å². The summed E-state index contributed by atoms with van der Waals surface area (Å²) in [6, 6.07) is 16.1. The number of likely N-dealkylation sites (tertiary alicyclic amines) is 1. The van der Waals surface area contributed by atoms with Gasteiger partial charge >= 0.3 is 0 Å². The van der Waals surface area contributed by atoms with Crippen molar-refractivity contribution in [2.24, 2.45) is 5.92 Å². The summed E-state index contributed by atoms with van der Waals surface area (Å²) >= 11 is 0. The SMILES string of the molecule is CS(=O)(=O)Nc1ccc2nc(CN3CCC(Cc4ccccc4)CC3)[nH]c2c1. The fourth-order valence-electron chi connectivity index (χ4n) is 3.92. The Morgan fingerprint density at radius 2 is 1.89 bits per heavy atom. The molecule has 0 bridgehead atoms. The lowest BCUT2D eigenvalue weighted by atomic mass is 9.90. The molecule has 0 unspecified atom stereocenters. The van der Waals surface area contributed by atoms with Crippen LogP contribution in [0, 0.1) is 5.92 Å². The smallest absolute Gasteiger partial charge is 0.229 e. The number of imidazole rings is 1. The van der Waals surface area contributed by atoms with E-state index in [0.29, 0.717) is 5.69 Å². The van der Waals surface area contributed by atoms with Crippen LogP contribution in [0.4, 0.5) is 5.69 Å². The monoisotopic (exact) mass is 398 g/mol. The number of sulfonamides is 1. The second-order valence-corrected chi connectivity index (χ2v) is 9.45. The van der Waals surface area contributed by atoms with Crippen LogP contribution in [0.3, 0.4) is 0 Å². The minimum absolute atomic E-state index is 0.548. The summed E-state index contributed by atoms with van der Waals surface area (Å²) in [6.45, 7) is 2.95. The molecule has 0 amide bonds. The van der Waals surface area contributed by atoms with Crippen LogP contribution in [0.25, 0.3) is 11.0 Å². The van der Waals surface area contributed by atoms with E-state index in [-0.39, 0.29) is 0 Å². The van der Waals surface area contributed by atoms with Gasteiger partial charge in [-0.2, -0.15) is 0 Å². The van der Waals surface area contributed by atoms with Crippen molar-refractivity contribution in [2.45, 2.75) is 25.8 Å². The molecule has 0 saturated carbocycles. The Balaban J connectivity index is 1.35. The highest BCUT2D eigenvalue weighted by molar-refractivity contribution is 7.92. The molecule has 2 heterocycles. The molecule has 6 nitrogen and oxygen atoms in total. The number of rotatable bonds is 6. The van der Waals surface area contributed by atoms with Crippen LogP contribution in [0.2, 0.25) is 0 Å². The zero-order chi connectivity index (χ0) is 19.6. The number of aromatic nitrogens is 2. The summed E-state index contributed by atoms with van der Waals surface area (Å²) in [7, 11) is -3.28. The Labute approximate surface area is 166 Å². The fourth-order valence-corrected chi connectivity index (χ4v) is 4.48. The highest BCUT2D eigenvalue weighted by Crippen LogP contribution is 2.23. The Morgan fingerprint density at radius 1 is 1.14 bits per heavy atom. The molecular formula is C21H26N4O2S. The third-order valence-electron chi connectivity index (χ3n) is 5.28. The van der Waals surface area contributed by atoms with Crippen molar-refractivity contribution in [1.29, 1.82) is 0 Å². The molecule has 4 rings (SSSR count). The van der Waals surface area contributed by atoms with E-state index in [9.17, 15) is 8.42 Å². The number of hydrogen-bond acceptors (Lipinski definition) is 4. The van der Waals surface area contributed by atoms with E-state index in [1.165, 1.54) is 18.4 Å². The number of hydrogen-bond donors (Lipinski definition) is 2. The van der Waals surface area contributed by atoms with Crippen LogP contribution in [0.5, 0.6) is 0 Å². The number of benzene rings is 2. The van der Waals surface area contributed by atoms with Gasteiger partial charge in [0, 0.05) is 0 Å². The third kappa shape index (κ3) is 4.91. The van der Waals surface area contributed by atoms with Gasteiger partial charge in [0.1, 0.15) is 5.82 Å². The predicted octanol–water partition coefficient (Wildman–Crippen LogP) is 3.39. The summed E-state index contributed by atoms with van der Waals surface area (Å²) < 4.78 is 25.3. The molecular weight excluding hydrogens is 372 g/mol. The number of aromatic amines is 1. The Kier molecular flexibility index (Phi) is 5.37. The maximum absolute atomic E-state index is 11.4. The van der Waals surface area contributed by atoms with Crippen LogP contribution >= 0.6 is 0 Å². The molecule has 28 heavy (non-hydrogen) atoms. The first-order chi connectivity index (χ1) is 13.4. The van der Waals surface area contributed by atoms with E-state index >= 15 is 0 Å². The molecule has 7 heteroatoms. The molecule has 148 valence electrons. The number of nitrogens with one attached hydrogen (secondary N) is 2. The molecule has 2 aromatic carbocycles. The molecule has 1 aromatic heterocycles. The molecule has 3 aromatic rings. The van der Waals surface area contributed by atoms with Gasteiger partial charge in [-0.3, -0.25) is 9.62 Å². The average Bonchev–Trinajstić information content (AvgIpc) is 3.04.